The van der Waals surface area contributed by atoms with Crippen LogP contribution in [0.3, 0.4) is 0 Å². The van der Waals surface area contributed by atoms with Crippen LogP contribution in [-0.2, 0) is 4.79 Å². The van der Waals surface area contributed by atoms with E-state index < -0.39 is 5.97 Å². The highest BCUT2D eigenvalue weighted by Gasteiger charge is 1.94. The molecule has 0 spiro atoms. The number of carboxylic acids is 1. The predicted octanol–water partition coefficient (Wildman–Crippen LogP) is 1.36. The molecule has 0 N–H and O–H groups in total. The zero-order valence-corrected chi connectivity index (χ0v) is 9.12. The molecular formula is C10H10BrO3-. The monoisotopic (exact) mass is 257 g/mol. The number of aliphatic carboxylic acids is 1. The Labute approximate surface area is 90.8 Å². The van der Waals surface area contributed by atoms with E-state index in [1.54, 1.807) is 0 Å². The van der Waals surface area contributed by atoms with Crippen LogP contribution in [0.2, 0.25) is 0 Å². The Balaban J connectivity index is 2.28. The Morgan fingerprint density at radius 2 is 2.29 bits per heavy atom. The van der Waals surface area contributed by atoms with Crippen molar-refractivity contribution in [1.29, 1.82) is 0 Å². The molecule has 1 aromatic carbocycles. The molecule has 1 aromatic rings. The number of rotatable bonds is 5. The zero-order chi connectivity index (χ0) is 10.4. The van der Waals surface area contributed by atoms with E-state index in [4.69, 9.17) is 4.74 Å². The fourth-order valence-electron chi connectivity index (χ4n) is 0.963. The molecule has 0 aliphatic carbocycles. The van der Waals surface area contributed by atoms with Gasteiger partial charge in [0.15, 0.2) is 0 Å². The normalized spacial score (nSPS) is 9.79. The van der Waals surface area contributed by atoms with Crippen LogP contribution in [0.5, 0.6) is 5.75 Å². The minimum Gasteiger partial charge on any atom is -0.550 e. The molecule has 14 heavy (non-hydrogen) atoms. The van der Waals surface area contributed by atoms with Gasteiger partial charge >= 0.3 is 0 Å². The Bertz CT molecular complexity index is 312. The average molecular weight is 258 g/mol. The van der Waals surface area contributed by atoms with Gasteiger partial charge in [0, 0.05) is 10.4 Å². The molecule has 0 aliphatic heterocycles. The SMILES string of the molecule is O=C([O-])CCCOc1cccc(Br)c1. The van der Waals surface area contributed by atoms with Crippen molar-refractivity contribution in [2.45, 2.75) is 12.8 Å². The summed E-state index contributed by atoms with van der Waals surface area (Å²) < 4.78 is 6.26. The minimum atomic E-state index is -1.04. The van der Waals surface area contributed by atoms with Gasteiger partial charge in [0.05, 0.1) is 6.61 Å². The van der Waals surface area contributed by atoms with Crippen LogP contribution in [0.25, 0.3) is 0 Å². The van der Waals surface area contributed by atoms with E-state index in [2.05, 4.69) is 15.9 Å². The summed E-state index contributed by atoms with van der Waals surface area (Å²) >= 11 is 3.31. The van der Waals surface area contributed by atoms with Gasteiger partial charge in [-0.15, -0.1) is 0 Å². The van der Waals surface area contributed by atoms with Crippen LogP contribution in [0.4, 0.5) is 0 Å². The molecule has 0 atom stereocenters. The lowest BCUT2D eigenvalue weighted by atomic mass is 10.3. The van der Waals surface area contributed by atoms with Gasteiger partial charge in [0.1, 0.15) is 5.75 Å². The molecule has 0 fully saturated rings. The van der Waals surface area contributed by atoms with Crippen molar-refractivity contribution in [1.82, 2.24) is 0 Å². The lowest BCUT2D eigenvalue weighted by Crippen LogP contribution is -2.22. The maximum atomic E-state index is 10.1. The fourth-order valence-corrected chi connectivity index (χ4v) is 1.34. The summed E-state index contributed by atoms with van der Waals surface area (Å²) in [6.07, 6.45) is 0.503. The maximum absolute atomic E-state index is 10.1. The molecule has 0 bridgehead atoms. The minimum absolute atomic E-state index is 0.0357. The first-order valence-corrected chi connectivity index (χ1v) is 5.06. The average Bonchev–Trinajstić information content (AvgIpc) is 2.12. The third kappa shape index (κ3) is 4.28. The lowest BCUT2D eigenvalue weighted by Gasteiger charge is -2.06. The molecule has 1 rings (SSSR count). The van der Waals surface area contributed by atoms with Crippen LogP contribution in [0.15, 0.2) is 28.7 Å². The molecule has 0 unspecified atom stereocenters. The van der Waals surface area contributed by atoms with Gasteiger partial charge in [-0.2, -0.15) is 0 Å². The van der Waals surface area contributed by atoms with Gasteiger partial charge in [0.25, 0.3) is 0 Å². The van der Waals surface area contributed by atoms with Gasteiger partial charge in [-0.3, -0.25) is 0 Å². The highest BCUT2D eigenvalue weighted by Crippen LogP contribution is 2.17. The van der Waals surface area contributed by atoms with Crippen LogP contribution in [-0.4, -0.2) is 12.6 Å². The summed E-state index contributed by atoms with van der Waals surface area (Å²) in [4.78, 5) is 10.1. The first kappa shape index (κ1) is 11.0. The number of halogens is 1. The molecular weight excluding hydrogens is 248 g/mol. The number of carbonyl (C=O) groups excluding carboxylic acids is 1. The molecule has 0 saturated carbocycles. The molecule has 4 heteroatoms. The lowest BCUT2D eigenvalue weighted by molar-refractivity contribution is -0.305. The third-order valence-electron chi connectivity index (χ3n) is 1.59. The predicted molar refractivity (Wildman–Crippen MR) is 53.9 cm³/mol. The summed E-state index contributed by atoms with van der Waals surface area (Å²) in [7, 11) is 0. The number of ether oxygens (including phenoxy) is 1. The summed E-state index contributed by atoms with van der Waals surface area (Å²) in [6.45, 7) is 0.393. The number of carbonyl (C=O) groups is 1. The van der Waals surface area contributed by atoms with Crippen molar-refractivity contribution < 1.29 is 14.6 Å². The smallest absolute Gasteiger partial charge is 0.120 e. The quantitative estimate of drug-likeness (QED) is 0.749. The molecule has 0 heterocycles. The Morgan fingerprint density at radius 1 is 1.50 bits per heavy atom. The molecule has 0 radical (unpaired) electrons. The summed E-state index contributed by atoms with van der Waals surface area (Å²) in [5, 5.41) is 10.1. The van der Waals surface area contributed by atoms with E-state index in [-0.39, 0.29) is 6.42 Å². The van der Waals surface area contributed by atoms with E-state index in [0.717, 1.165) is 10.2 Å². The zero-order valence-electron chi connectivity index (χ0n) is 7.53. The Hall–Kier alpha value is -1.03. The molecule has 0 aromatic heterocycles. The van der Waals surface area contributed by atoms with Crippen molar-refractivity contribution in [3.8, 4) is 5.75 Å². The molecule has 0 aliphatic rings. The van der Waals surface area contributed by atoms with Crippen molar-refractivity contribution in [3.63, 3.8) is 0 Å². The van der Waals surface area contributed by atoms with E-state index in [0.29, 0.717) is 13.0 Å². The summed E-state index contributed by atoms with van der Waals surface area (Å²) in [5.74, 6) is -0.305. The number of hydrogen-bond acceptors (Lipinski definition) is 3. The van der Waals surface area contributed by atoms with Crippen molar-refractivity contribution in [3.05, 3.63) is 28.7 Å². The van der Waals surface area contributed by atoms with E-state index in [1.165, 1.54) is 0 Å². The van der Waals surface area contributed by atoms with Crippen LogP contribution >= 0.6 is 15.9 Å². The third-order valence-corrected chi connectivity index (χ3v) is 2.08. The van der Waals surface area contributed by atoms with Gasteiger partial charge in [-0.25, -0.2) is 0 Å². The van der Waals surface area contributed by atoms with Crippen LogP contribution in [0.1, 0.15) is 12.8 Å². The van der Waals surface area contributed by atoms with Crippen molar-refractivity contribution in [2.75, 3.05) is 6.61 Å². The maximum Gasteiger partial charge on any atom is 0.120 e. The van der Waals surface area contributed by atoms with Crippen molar-refractivity contribution in [2.24, 2.45) is 0 Å². The van der Waals surface area contributed by atoms with Crippen LogP contribution < -0.4 is 9.84 Å². The topological polar surface area (TPSA) is 49.4 Å². The number of benzene rings is 1. The standard InChI is InChI=1S/C10H11BrO3/c11-8-3-1-4-9(7-8)14-6-2-5-10(12)13/h1,3-4,7H,2,5-6H2,(H,12,13)/p-1. The summed E-state index contributed by atoms with van der Waals surface area (Å²) in [6, 6.07) is 7.41. The second kappa shape index (κ2) is 5.65. The first-order chi connectivity index (χ1) is 6.68. The van der Waals surface area contributed by atoms with E-state index in [1.807, 2.05) is 24.3 Å². The largest absolute Gasteiger partial charge is 0.550 e. The number of carboxylic acid groups (broad SMARTS) is 1. The molecule has 0 amide bonds. The number of hydrogen-bond donors (Lipinski definition) is 0. The van der Waals surface area contributed by atoms with Gasteiger partial charge in [-0.1, -0.05) is 22.0 Å². The fraction of sp³-hybridized carbons (Fsp3) is 0.300. The first-order valence-electron chi connectivity index (χ1n) is 4.26. The van der Waals surface area contributed by atoms with E-state index >= 15 is 0 Å². The van der Waals surface area contributed by atoms with Crippen LogP contribution in [0, 0.1) is 0 Å². The second-order valence-corrected chi connectivity index (χ2v) is 3.70. The highest BCUT2D eigenvalue weighted by atomic mass is 79.9. The van der Waals surface area contributed by atoms with Gasteiger partial charge in [-0.05, 0) is 31.0 Å². The molecule has 3 nitrogen and oxygen atoms in total. The molecule has 0 saturated heterocycles. The highest BCUT2D eigenvalue weighted by molar-refractivity contribution is 9.10. The van der Waals surface area contributed by atoms with Gasteiger partial charge < -0.3 is 14.6 Å². The Morgan fingerprint density at radius 3 is 2.93 bits per heavy atom. The summed E-state index contributed by atoms with van der Waals surface area (Å²) in [5.41, 5.74) is 0. The molecule has 76 valence electrons. The van der Waals surface area contributed by atoms with E-state index in [9.17, 15) is 9.90 Å². The Kier molecular flexibility index (Phi) is 4.46. The van der Waals surface area contributed by atoms with Gasteiger partial charge in [0.2, 0.25) is 0 Å². The second-order valence-electron chi connectivity index (χ2n) is 2.78. The van der Waals surface area contributed by atoms with Crippen molar-refractivity contribution >= 4 is 21.9 Å².